The fraction of sp³-hybridized carbons (Fsp3) is 0.240. The second-order valence-corrected chi connectivity index (χ2v) is 11.3. The van der Waals surface area contributed by atoms with Crippen molar-refractivity contribution in [3.8, 4) is 5.75 Å². The Kier molecular flexibility index (Phi) is 7.05. The predicted molar refractivity (Wildman–Crippen MR) is 132 cm³/mol. The summed E-state index contributed by atoms with van der Waals surface area (Å²) in [6.07, 6.45) is -0.685. The van der Waals surface area contributed by atoms with Crippen LogP contribution in [0.4, 0.5) is 0 Å². The van der Waals surface area contributed by atoms with Crippen molar-refractivity contribution in [2.24, 2.45) is 0 Å². The van der Waals surface area contributed by atoms with E-state index < -0.39 is 19.2 Å². The third kappa shape index (κ3) is 4.04. The van der Waals surface area contributed by atoms with Crippen molar-refractivity contribution in [3.63, 3.8) is 0 Å². The summed E-state index contributed by atoms with van der Waals surface area (Å²) in [5.74, 6) is -0.551. The number of amides is 1. The van der Waals surface area contributed by atoms with E-state index in [0.29, 0.717) is 32.0 Å². The number of rotatable bonds is 8. The second kappa shape index (κ2) is 9.82. The molecule has 3 aromatic rings. The first kappa shape index (κ1) is 23.7. The van der Waals surface area contributed by atoms with Gasteiger partial charge in [0.1, 0.15) is 11.5 Å². The first-order valence-electron chi connectivity index (χ1n) is 10.4. The van der Waals surface area contributed by atoms with Crippen molar-refractivity contribution in [2.45, 2.75) is 12.1 Å². The fourth-order valence-electron chi connectivity index (χ4n) is 4.33. The summed E-state index contributed by atoms with van der Waals surface area (Å²) in [5.41, 5.74) is 1.04. The fourth-order valence-corrected chi connectivity index (χ4v) is 8.15. The molecule has 0 fully saturated rings. The maximum Gasteiger partial charge on any atom is 0.256 e. The molecule has 1 heterocycles. The Balaban J connectivity index is 2.04. The first-order chi connectivity index (χ1) is 16.0. The van der Waals surface area contributed by atoms with Gasteiger partial charge in [0, 0.05) is 34.9 Å². The molecular weight excluding hydrogens is 505 g/mol. The van der Waals surface area contributed by atoms with E-state index in [0.717, 1.165) is 0 Å². The van der Waals surface area contributed by atoms with Crippen molar-refractivity contribution in [1.29, 1.82) is 0 Å². The first-order valence-corrected chi connectivity index (χ1v) is 13.0. The Morgan fingerprint density at radius 2 is 1.45 bits per heavy atom. The van der Waals surface area contributed by atoms with Gasteiger partial charge in [0.25, 0.3) is 5.91 Å². The molecule has 0 bridgehead atoms. The molecule has 4 rings (SSSR count). The van der Waals surface area contributed by atoms with Crippen LogP contribution in [0.15, 0.2) is 77.3 Å². The van der Waals surface area contributed by atoms with Crippen LogP contribution < -0.4 is 15.3 Å². The lowest BCUT2D eigenvalue weighted by Gasteiger charge is -2.35. The monoisotopic (exact) mass is 529 g/mol. The van der Waals surface area contributed by atoms with Gasteiger partial charge in [0.05, 0.1) is 19.2 Å². The van der Waals surface area contributed by atoms with Gasteiger partial charge in [-0.3, -0.25) is 4.79 Å². The van der Waals surface area contributed by atoms with E-state index in [1.54, 1.807) is 24.1 Å². The van der Waals surface area contributed by atoms with Crippen LogP contribution in [-0.2, 0) is 14.0 Å². The Bertz CT molecular complexity index is 1140. The zero-order valence-corrected chi connectivity index (χ0v) is 21.1. The lowest BCUT2D eigenvalue weighted by atomic mass is 10.1. The van der Waals surface area contributed by atoms with Crippen LogP contribution in [0, 0.1) is 0 Å². The second-order valence-electron chi connectivity index (χ2n) is 7.60. The van der Waals surface area contributed by atoms with Crippen LogP contribution >= 0.6 is 23.1 Å². The quantitative estimate of drug-likeness (QED) is 0.316. The highest BCUT2D eigenvalue weighted by Crippen LogP contribution is 2.64. The molecule has 0 aliphatic carbocycles. The average Bonchev–Trinajstić information content (AvgIpc) is 3.16. The lowest BCUT2D eigenvalue weighted by molar-refractivity contribution is -0.112. The van der Waals surface area contributed by atoms with Crippen molar-refractivity contribution >= 4 is 39.6 Å². The minimum atomic E-state index is -3.44. The van der Waals surface area contributed by atoms with Crippen LogP contribution in [0.3, 0.4) is 0 Å². The van der Waals surface area contributed by atoms with E-state index in [-0.39, 0.29) is 12.5 Å². The molecule has 0 radical (unpaired) electrons. The molecule has 0 saturated carbocycles. The van der Waals surface area contributed by atoms with E-state index in [9.17, 15) is 4.79 Å². The van der Waals surface area contributed by atoms with E-state index in [1.165, 1.54) is 14.2 Å². The SMILES string of the molecule is COc1ccc(Br)c2c1C(P(=O)(c1ccccc1)c1ccccc1)N(CC(OC)OC)C2=O. The number of hydrogen-bond donors (Lipinski definition) is 0. The number of fused-ring (bicyclic) bond motifs is 1. The van der Waals surface area contributed by atoms with Gasteiger partial charge in [-0.2, -0.15) is 0 Å². The van der Waals surface area contributed by atoms with Gasteiger partial charge in [-0.15, -0.1) is 0 Å². The molecule has 0 N–H and O–H groups in total. The molecule has 3 aromatic carbocycles. The minimum absolute atomic E-state index is 0.102. The Morgan fingerprint density at radius 3 is 1.94 bits per heavy atom. The predicted octanol–water partition coefficient (Wildman–Crippen LogP) is 4.55. The van der Waals surface area contributed by atoms with Gasteiger partial charge in [-0.1, -0.05) is 60.7 Å². The molecule has 1 unspecified atom stereocenters. The summed E-state index contributed by atoms with van der Waals surface area (Å²) in [6.45, 7) is 0.102. The zero-order chi connectivity index (χ0) is 23.6. The van der Waals surface area contributed by atoms with Crippen molar-refractivity contribution < 1.29 is 23.6 Å². The molecular formula is C25H25BrNO5P. The third-order valence-corrected chi connectivity index (χ3v) is 9.92. The number of carbonyl (C=O) groups excluding carboxylic acids is 1. The standard InChI is InChI=1S/C25H25BrNO5P/c1-30-20-15-14-19(26)22-23(20)25(27(24(22)28)16-21(31-2)32-3)33(29,17-10-6-4-7-11-17)18-12-8-5-9-13-18/h4-15,21,25H,16H2,1-3H3. The molecule has 0 spiro atoms. The van der Waals surface area contributed by atoms with Gasteiger partial charge < -0.3 is 23.7 Å². The summed E-state index contributed by atoms with van der Waals surface area (Å²) < 4.78 is 32.5. The van der Waals surface area contributed by atoms with Gasteiger partial charge >= 0.3 is 0 Å². The van der Waals surface area contributed by atoms with Crippen LogP contribution in [-0.4, -0.2) is 45.0 Å². The van der Waals surface area contributed by atoms with Crippen LogP contribution in [0.5, 0.6) is 5.75 Å². The maximum absolute atomic E-state index is 15.3. The molecule has 1 atom stereocenters. The van der Waals surface area contributed by atoms with Gasteiger partial charge in [0.15, 0.2) is 13.4 Å². The highest BCUT2D eigenvalue weighted by atomic mass is 79.9. The number of halogens is 1. The molecule has 0 aromatic heterocycles. The molecule has 172 valence electrons. The number of benzene rings is 3. The maximum atomic E-state index is 15.3. The zero-order valence-electron chi connectivity index (χ0n) is 18.6. The largest absolute Gasteiger partial charge is 0.496 e. The molecule has 8 heteroatoms. The Hall–Kier alpha value is -2.44. The summed E-state index contributed by atoms with van der Waals surface area (Å²) >= 11 is 3.53. The number of hydrogen-bond acceptors (Lipinski definition) is 5. The normalized spacial score (nSPS) is 15.7. The summed E-state index contributed by atoms with van der Waals surface area (Å²) in [4.78, 5) is 15.4. The minimum Gasteiger partial charge on any atom is -0.496 e. The summed E-state index contributed by atoms with van der Waals surface area (Å²) in [7, 11) is 1.14. The molecule has 1 amide bonds. The topological polar surface area (TPSA) is 65.1 Å². The van der Waals surface area contributed by atoms with Gasteiger partial charge in [-0.05, 0) is 28.1 Å². The van der Waals surface area contributed by atoms with E-state index in [4.69, 9.17) is 14.2 Å². The lowest BCUT2D eigenvalue weighted by Crippen LogP contribution is -2.39. The van der Waals surface area contributed by atoms with Gasteiger partial charge in [0.2, 0.25) is 0 Å². The Morgan fingerprint density at radius 1 is 0.909 bits per heavy atom. The summed E-state index contributed by atoms with van der Waals surface area (Å²) in [6, 6.07) is 22.2. The van der Waals surface area contributed by atoms with E-state index in [2.05, 4.69) is 15.9 Å². The van der Waals surface area contributed by atoms with Gasteiger partial charge in [-0.25, -0.2) is 0 Å². The van der Waals surface area contributed by atoms with Crippen LogP contribution in [0.2, 0.25) is 0 Å². The van der Waals surface area contributed by atoms with E-state index >= 15 is 4.57 Å². The van der Waals surface area contributed by atoms with Crippen LogP contribution in [0.1, 0.15) is 21.7 Å². The molecule has 0 saturated heterocycles. The number of ether oxygens (including phenoxy) is 3. The van der Waals surface area contributed by atoms with Crippen molar-refractivity contribution in [2.75, 3.05) is 27.9 Å². The number of methoxy groups -OCH3 is 3. The molecule has 1 aliphatic rings. The van der Waals surface area contributed by atoms with Crippen molar-refractivity contribution in [3.05, 3.63) is 88.4 Å². The summed E-state index contributed by atoms with van der Waals surface area (Å²) in [5, 5.41) is 1.31. The molecule has 33 heavy (non-hydrogen) atoms. The van der Waals surface area contributed by atoms with Crippen LogP contribution in [0.25, 0.3) is 0 Å². The number of nitrogens with zero attached hydrogens (tertiary/aromatic N) is 1. The highest BCUT2D eigenvalue weighted by Gasteiger charge is 2.52. The highest BCUT2D eigenvalue weighted by molar-refractivity contribution is 9.10. The smallest absolute Gasteiger partial charge is 0.256 e. The third-order valence-electron chi connectivity index (χ3n) is 5.90. The number of carbonyl (C=O) groups is 1. The molecule has 1 aliphatic heterocycles. The average molecular weight is 530 g/mol. The molecule has 6 nitrogen and oxygen atoms in total. The van der Waals surface area contributed by atoms with Crippen molar-refractivity contribution in [1.82, 2.24) is 4.90 Å². The van der Waals surface area contributed by atoms with E-state index in [1.807, 2.05) is 60.7 Å². The Labute approximate surface area is 202 Å².